The maximum Gasteiger partial charge on any atom is 0.279 e. The van der Waals surface area contributed by atoms with Crippen LogP contribution in [0.1, 0.15) is 68.8 Å². The highest BCUT2D eigenvalue weighted by Gasteiger charge is 2.40. The van der Waals surface area contributed by atoms with E-state index < -0.39 is 5.91 Å². The first kappa shape index (κ1) is 24.1. The number of pyridine rings is 1. The first-order valence-electron chi connectivity index (χ1n) is 11.9. The summed E-state index contributed by atoms with van der Waals surface area (Å²) in [5.41, 5.74) is 3.24. The van der Waals surface area contributed by atoms with E-state index >= 15 is 0 Å². The van der Waals surface area contributed by atoms with Gasteiger partial charge in [-0.05, 0) is 38.2 Å². The number of aromatic nitrogens is 1. The van der Waals surface area contributed by atoms with E-state index in [1.807, 2.05) is 13.8 Å². The number of nitrogens with zero attached hydrogens (tertiary/aromatic N) is 5. The van der Waals surface area contributed by atoms with Gasteiger partial charge in [-0.2, -0.15) is 5.26 Å². The van der Waals surface area contributed by atoms with Crippen LogP contribution < -0.4 is 4.90 Å². The molecule has 34 heavy (non-hydrogen) atoms. The molecule has 1 atom stereocenters. The van der Waals surface area contributed by atoms with Crippen LogP contribution in [0.2, 0.25) is 0 Å². The molecule has 9 heteroatoms. The minimum Gasteiger partial charge on any atom is -0.398 e. The Balaban J connectivity index is 1.71. The quantitative estimate of drug-likeness (QED) is 0.274. The third-order valence-corrected chi connectivity index (χ3v) is 6.98. The number of hydrogen-bond acceptors (Lipinski definition) is 8. The summed E-state index contributed by atoms with van der Waals surface area (Å²) < 4.78 is 6.08. The molecule has 0 unspecified atom stereocenters. The lowest BCUT2D eigenvalue weighted by atomic mass is 9.87. The van der Waals surface area contributed by atoms with E-state index in [2.05, 4.69) is 34.8 Å². The molecule has 1 aromatic rings. The SMILES string of the molecule is CO/N=C(\C=O)C(=O)N1CCN(c2nc(C3CC3)c3c(c2C#N)CC(C)(C)OC3)C[C@H]1C(C)C. The van der Waals surface area contributed by atoms with Gasteiger partial charge in [-0.25, -0.2) is 4.98 Å². The van der Waals surface area contributed by atoms with Crippen molar-refractivity contribution in [2.45, 2.75) is 71.1 Å². The molecule has 1 saturated carbocycles. The van der Waals surface area contributed by atoms with Crippen LogP contribution in [0.4, 0.5) is 5.82 Å². The van der Waals surface area contributed by atoms with Crippen LogP contribution in [-0.2, 0) is 32.2 Å². The summed E-state index contributed by atoms with van der Waals surface area (Å²) in [6.07, 6.45) is 3.32. The Labute approximate surface area is 200 Å². The van der Waals surface area contributed by atoms with Crippen LogP contribution in [0.15, 0.2) is 5.16 Å². The second-order valence-electron chi connectivity index (χ2n) is 10.3. The van der Waals surface area contributed by atoms with Crippen molar-refractivity contribution in [3.05, 3.63) is 22.4 Å². The third-order valence-electron chi connectivity index (χ3n) is 6.98. The first-order valence-corrected chi connectivity index (χ1v) is 11.9. The van der Waals surface area contributed by atoms with Gasteiger partial charge in [0.15, 0.2) is 6.29 Å². The van der Waals surface area contributed by atoms with Crippen LogP contribution in [0.5, 0.6) is 0 Å². The molecular formula is C25H33N5O4. The number of aldehydes is 1. The molecular weight excluding hydrogens is 434 g/mol. The number of amides is 1. The third kappa shape index (κ3) is 4.51. The fourth-order valence-corrected chi connectivity index (χ4v) is 5.00. The minimum atomic E-state index is -0.438. The summed E-state index contributed by atoms with van der Waals surface area (Å²) in [5, 5.41) is 13.8. The highest BCUT2D eigenvalue weighted by atomic mass is 16.6. The minimum absolute atomic E-state index is 0.126. The predicted octanol–water partition coefficient (Wildman–Crippen LogP) is 2.56. The van der Waals surface area contributed by atoms with Gasteiger partial charge in [-0.1, -0.05) is 19.0 Å². The molecule has 1 amide bonds. The lowest BCUT2D eigenvalue weighted by molar-refractivity contribution is -0.128. The number of piperazine rings is 1. The molecule has 2 aliphatic heterocycles. The number of carbonyl (C=O) groups excluding carboxylic acids is 2. The van der Waals surface area contributed by atoms with Gasteiger partial charge in [0.05, 0.1) is 29.5 Å². The van der Waals surface area contributed by atoms with Gasteiger partial charge in [0.25, 0.3) is 5.91 Å². The Morgan fingerprint density at radius 2 is 2.06 bits per heavy atom. The van der Waals surface area contributed by atoms with E-state index in [9.17, 15) is 14.9 Å². The molecule has 3 heterocycles. The van der Waals surface area contributed by atoms with Gasteiger partial charge >= 0.3 is 0 Å². The van der Waals surface area contributed by atoms with Crippen molar-refractivity contribution in [2.24, 2.45) is 11.1 Å². The number of fused-ring (bicyclic) bond motifs is 1. The molecule has 3 aliphatic rings. The summed E-state index contributed by atoms with van der Waals surface area (Å²) in [7, 11) is 1.31. The number of nitriles is 1. The lowest BCUT2D eigenvalue weighted by Crippen LogP contribution is -2.59. The van der Waals surface area contributed by atoms with Crippen LogP contribution >= 0.6 is 0 Å². The molecule has 2 fully saturated rings. The van der Waals surface area contributed by atoms with Crippen molar-refractivity contribution in [3.63, 3.8) is 0 Å². The smallest absolute Gasteiger partial charge is 0.279 e. The number of rotatable bonds is 6. The maximum absolute atomic E-state index is 13.0. The van der Waals surface area contributed by atoms with E-state index in [1.54, 1.807) is 4.90 Å². The van der Waals surface area contributed by atoms with Gasteiger partial charge in [-0.3, -0.25) is 9.59 Å². The van der Waals surface area contributed by atoms with E-state index in [1.165, 1.54) is 7.11 Å². The van der Waals surface area contributed by atoms with Crippen molar-refractivity contribution in [2.75, 3.05) is 31.6 Å². The molecule has 1 saturated heterocycles. The Kier molecular flexibility index (Phi) is 6.63. The molecule has 0 radical (unpaired) electrons. The van der Waals surface area contributed by atoms with Crippen molar-refractivity contribution < 1.29 is 19.2 Å². The standard InChI is InChI=1S/C25H33N5O4/c1-15(2)21-12-29(8-9-30(21)24(32)20(13-31)28-33-5)23-18(11-26)17-10-25(3,4)34-14-19(17)22(27-23)16-6-7-16/h13,15-16,21H,6-10,12,14H2,1-5H3/b28-20+/t21-/m0/s1. The number of oxime groups is 1. The van der Waals surface area contributed by atoms with Crippen molar-refractivity contribution in [1.29, 1.82) is 5.26 Å². The normalized spacial score (nSPS) is 22.3. The van der Waals surface area contributed by atoms with Crippen molar-refractivity contribution in [1.82, 2.24) is 9.88 Å². The Morgan fingerprint density at radius 1 is 1.32 bits per heavy atom. The zero-order valence-electron chi connectivity index (χ0n) is 20.6. The van der Waals surface area contributed by atoms with E-state index in [4.69, 9.17) is 9.72 Å². The molecule has 0 spiro atoms. The van der Waals surface area contributed by atoms with Gasteiger partial charge < -0.3 is 19.4 Å². The monoisotopic (exact) mass is 467 g/mol. The van der Waals surface area contributed by atoms with Gasteiger partial charge in [0.2, 0.25) is 5.71 Å². The molecule has 0 N–H and O–H groups in total. The summed E-state index contributed by atoms with van der Waals surface area (Å²) in [6.45, 7) is 10.1. The van der Waals surface area contributed by atoms with E-state index in [0.717, 1.165) is 29.7 Å². The summed E-state index contributed by atoms with van der Waals surface area (Å²) in [6, 6.07) is 2.28. The highest BCUT2D eigenvalue weighted by Crippen LogP contribution is 2.46. The molecule has 4 rings (SSSR count). The number of anilines is 1. The van der Waals surface area contributed by atoms with Crippen molar-refractivity contribution >= 4 is 23.7 Å². The Bertz CT molecular complexity index is 1050. The van der Waals surface area contributed by atoms with E-state index in [0.29, 0.717) is 56.2 Å². The van der Waals surface area contributed by atoms with Crippen LogP contribution in [0.25, 0.3) is 0 Å². The van der Waals surface area contributed by atoms with Gasteiger partial charge in [0, 0.05) is 37.5 Å². The molecule has 9 nitrogen and oxygen atoms in total. The maximum atomic E-state index is 13.0. The summed E-state index contributed by atoms with van der Waals surface area (Å²) in [5.74, 6) is 0.821. The van der Waals surface area contributed by atoms with Crippen LogP contribution in [0.3, 0.4) is 0 Å². The molecule has 0 bridgehead atoms. The fraction of sp³-hybridized carbons (Fsp3) is 0.640. The topological polar surface area (TPSA) is 108 Å². The number of ether oxygens (including phenoxy) is 1. The Hall–Kier alpha value is -2.99. The average molecular weight is 468 g/mol. The highest BCUT2D eigenvalue weighted by molar-refractivity contribution is 6.59. The molecule has 182 valence electrons. The largest absolute Gasteiger partial charge is 0.398 e. The predicted molar refractivity (Wildman–Crippen MR) is 127 cm³/mol. The fourth-order valence-electron chi connectivity index (χ4n) is 5.00. The first-order chi connectivity index (χ1) is 16.2. The molecule has 1 aromatic heterocycles. The summed E-state index contributed by atoms with van der Waals surface area (Å²) in [4.78, 5) is 38.0. The zero-order chi connectivity index (χ0) is 24.6. The second-order valence-corrected chi connectivity index (χ2v) is 10.3. The van der Waals surface area contributed by atoms with Gasteiger partial charge in [0.1, 0.15) is 19.0 Å². The van der Waals surface area contributed by atoms with Crippen LogP contribution in [-0.4, -0.2) is 66.2 Å². The van der Waals surface area contributed by atoms with Crippen LogP contribution in [0, 0.1) is 17.2 Å². The second kappa shape index (κ2) is 9.34. The van der Waals surface area contributed by atoms with E-state index in [-0.39, 0.29) is 23.3 Å². The number of hydrogen-bond donors (Lipinski definition) is 0. The number of carbonyl (C=O) groups is 2. The average Bonchev–Trinajstić information content (AvgIpc) is 3.65. The Morgan fingerprint density at radius 3 is 2.65 bits per heavy atom. The molecule has 1 aliphatic carbocycles. The van der Waals surface area contributed by atoms with Crippen molar-refractivity contribution in [3.8, 4) is 6.07 Å². The van der Waals surface area contributed by atoms with Gasteiger partial charge in [-0.15, -0.1) is 0 Å². The molecule has 0 aromatic carbocycles. The zero-order valence-corrected chi connectivity index (χ0v) is 20.6. The lowest BCUT2D eigenvalue weighted by Gasteiger charge is -2.44. The summed E-state index contributed by atoms with van der Waals surface area (Å²) >= 11 is 0.